The van der Waals surface area contributed by atoms with Crippen LogP contribution >= 0.6 is 0 Å². The molecule has 102 valence electrons. The van der Waals surface area contributed by atoms with Gasteiger partial charge in [0.25, 0.3) is 0 Å². The molecule has 0 radical (unpaired) electrons. The second-order valence-corrected chi connectivity index (χ2v) is 4.70. The van der Waals surface area contributed by atoms with E-state index in [-0.39, 0.29) is 5.91 Å². The molecular formula is C14H18N2O3. The van der Waals surface area contributed by atoms with Crippen LogP contribution in [0.4, 0.5) is 0 Å². The van der Waals surface area contributed by atoms with Gasteiger partial charge >= 0.3 is 5.97 Å². The van der Waals surface area contributed by atoms with Crippen molar-refractivity contribution in [2.45, 2.75) is 25.4 Å². The van der Waals surface area contributed by atoms with E-state index in [0.717, 1.165) is 11.1 Å². The number of rotatable bonds is 4. The summed E-state index contributed by atoms with van der Waals surface area (Å²) in [5.41, 5.74) is 2.06. The van der Waals surface area contributed by atoms with E-state index < -0.39 is 12.0 Å². The summed E-state index contributed by atoms with van der Waals surface area (Å²) in [6.45, 7) is 0.943. The predicted molar refractivity (Wildman–Crippen MR) is 70.7 cm³/mol. The molecule has 1 aliphatic heterocycles. The van der Waals surface area contributed by atoms with E-state index in [0.29, 0.717) is 25.9 Å². The minimum Gasteiger partial charge on any atom is -0.480 e. The van der Waals surface area contributed by atoms with Gasteiger partial charge in [-0.25, -0.2) is 4.79 Å². The largest absolute Gasteiger partial charge is 0.480 e. The third-order valence-electron chi connectivity index (χ3n) is 3.44. The van der Waals surface area contributed by atoms with Crippen LogP contribution in [0, 0.1) is 0 Å². The smallest absolute Gasteiger partial charge is 0.326 e. The van der Waals surface area contributed by atoms with Crippen LogP contribution in [0.2, 0.25) is 0 Å². The van der Waals surface area contributed by atoms with Crippen molar-refractivity contribution in [1.82, 2.24) is 10.2 Å². The number of carbonyl (C=O) groups is 2. The Labute approximate surface area is 112 Å². The van der Waals surface area contributed by atoms with Crippen LogP contribution < -0.4 is 5.32 Å². The van der Waals surface area contributed by atoms with E-state index in [1.807, 2.05) is 24.3 Å². The molecular weight excluding hydrogens is 244 g/mol. The minimum atomic E-state index is -0.938. The Morgan fingerprint density at radius 2 is 2.05 bits per heavy atom. The van der Waals surface area contributed by atoms with E-state index in [9.17, 15) is 14.7 Å². The number of hydrogen-bond acceptors (Lipinski definition) is 3. The summed E-state index contributed by atoms with van der Waals surface area (Å²) in [6.07, 6.45) is 0.708. The zero-order valence-electron chi connectivity index (χ0n) is 10.9. The first-order valence-corrected chi connectivity index (χ1v) is 6.37. The number of carboxylic acids is 1. The number of benzene rings is 1. The van der Waals surface area contributed by atoms with Crippen molar-refractivity contribution in [2.75, 3.05) is 13.6 Å². The highest BCUT2D eigenvalue weighted by molar-refractivity contribution is 5.84. The quantitative estimate of drug-likeness (QED) is 0.835. The van der Waals surface area contributed by atoms with Crippen molar-refractivity contribution in [3.63, 3.8) is 0 Å². The van der Waals surface area contributed by atoms with Crippen molar-refractivity contribution < 1.29 is 14.7 Å². The van der Waals surface area contributed by atoms with Crippen LogP contribution in [0.1, 0.15) is 17.5 Å². The molecule has 5 nitrogen and oxygen atoms in total. The minimum absolute atomic E-state index is 0.115. The third kappa shape index (κ3) is 2.93. The van der Waals surface area contributed by atoms with Crippen molar-refractivity contribution in [3.8, 4) is 0 Å². The molecule has 0 bridgehead atoms. The first-order chi connectivity index (χ1) is 9.13. The standard InChI is InChI=1S/C14H18N2O3/c1-15-7-6-13(17)16-9-11-5-3-2-4-10(11)8-12(16)14(18)19/h2-5,12,15H,6-9H2,1H3,(H,18,19)/t12-/m0/s1. The lowest BCUT2D eigenvalue weighted by Gasteiger charge is -2.34. The first kappa shape index (κ1) is 13.5. The third-order valence-corrected chi connectivity index (χ3v) is 3.44. The van der Waals surface area contributed by atoms with Crippen LogP contribution in [-0.2, 0) is 22.6 Å². The molecule has 0 unspecified atom stereocenters. The molecule has 1 heterocycles. The van der Waals surface area contributed by atoms with Gasteiger partial charge in [-0.05, 0) is 18.2 Å². The van der Waals surface area contributed by atoms with Crippen molar-refractivity contribution >= 4 is 11.9 Å². The Morgan fingerprint density at radius 3 is 2.68 bits per heavy atom. The molecule has 5 heteroatoms. The highest BCUT2D eigenvalue weighted by Crippen LogP contribution is 2.24. The summed E-state index contributed by atoms with van der Waals surface area (Å²) in [5, 5.41) is 12.2. The number of amides is 1. The summed E-state index contributed by atoms with van der Waals surface area (Å²) >= 11 is 0. The number of fused-ring (bicyclic) bond motifs is 1. The number of carbonyl (C=O) groups excluding carboxylic acids is 1. The molecule has 0 aliphatic carbocycles. The van der Waals surface area contributed by atoms with Gasteiger partial charge in [0, 0.05) is 25.9 Å². The van der Waals surface area contributed by atoms with Gasteiger partial charge in [0.15, 0.2) is 0 Å². The predicted octanol–water partition coefficient (Wildman–Crippen LogP) is 0.634. The van der Waals surface area contributed by atoms with Gasteiger partial charge in [-0.1, -0.05) is 24.3 Å². The van der Waals surface area contributed by atoms with E-state index >= 15 is 0 Å². The molecule has 0 aromatic heterocycles. The summed E-state index contributed by atoms with van der Waals surface area (Å²) in [5.74, 6) is -1.05. The molecule has 1 aliphatic rings. The van der Waals surface area contributed by atoms with Gasteiger partial charge in [0.2, 0.25) is 5.91 Å². The Morgan fingerprint density at radius 1 is 1.37 bits per heavy atom. The average molecular weight is 262 g/mol. The van der Waals surface area contributed by atoms with Crippen LogP contribution in [0.15, 0.2) is 24.3 Å². The lowest BCUT2D eigenvalue weighted by molar-refractivity contribution is -0.151. The highest BCUT2D eigenvalue weighted by Gasteiger charge is 2.33. The summed E-state index contributed by atoms with van der Waals surface area (Å²) in [7, 11) is 1.77. The van der Waals surface area contributed by atoms with E-state index in [1.165, 1.54) is 4.90 Å². The fourth-order valence-electron chi connectivity index (χ4n) is 2.38. The zero-order chi connectivity index (χ0) is 13.8. The lowest BCUT2D eigenvalue weighted by atomic mass is 9.93. The average Bonchev–Trinajstić information content (AvgIpc) is 2.43. The van der Waals surface area contributed by atoms with Crippen molar-refractivity contribution in [2.24, 2.45) is 0 Å². The lowest BCUT2D eigenvalue weighted by Crippen LogP contribution is -2.49. The molecule has 2 N–H and O–H groups in total. The Balaban J connectivity index is 2.21. The number of nitrogens with one attached hydrogen (secondary N) is 1. The SMILES string of the molecule is CNCCC(=O)N1Cc2ccccc2C[C@H]1C(=O)O. The summed E-state index contributed by atoms with van der Waals surface area (Å²) in [4.78, 5) is 24.9. The van der Waals surface area contributed by atoms with Crippen molar-refractivity contribution in [1.29, 1.82) is 0 Å². The summed E-state index contributed by atoms with van der Waals surface area (Å²) < 4.78 is 0. The van der Waals surface area contributed by atoms with Gasteiger partial charge in [0.1, 0.15) is 6.04 Å². The van der Waals surface area contributed by atoms with Crippen molar-refractivity contribution in [3.05, 3.63) is 35.4 Å². The highest BCUT2D eigenvalue weighted by atomic mass is 16.4. The normalized spacial score (nSPS) is 17.9. The fourth-order valence-corrected chi connectivity index (χ4v) is 2.38. The molecule has 1 aromatic rings. The summed E-state index contributed by atoms with van der Waals surface area (Å²) in [6, 6.07) is 6.94. The number of aliphatic carboxylic acids is 1. The number of hydrogen-bond donors (Lipinski definition) is 2. The molecule has 1 aromatic carbocycles. The molecule has 19 heavy (non-hydrogen) atoms. The molecule has 0 saturated carbocycles. The van der Waals surface area contributed by atoms with E-state index in [2.05, 4.69) is 5.32 Å². The fraction of sp³-hybridized carbons (Fsp3) is 0.429. The van der Waals surface area contributed by atoms with E-state index in [1.54, 1.807) is 7.05 Å². The first-order valence-electron chi connectivity index (χ1n) is 6.37. The van der Waals surface area contributed by atoms with Gasteiger partial charge in [-0.2, -0.15) is 0 Å². The van der Waals surface area contributed by atoms with Gasteiger partial charge < -0.3 is 15.3 Å². The van der Waals surface area contributed by atoms with E-state index in [4.69, 9.17) is 0 Å². The molecule has 1 amide bonds. The zero-order valence-corrected chi connectivity index (χ0v) is 10.9. The Hall–Kier alpha value is -1.88. The topological polar surface area (TPSA) is 69.6 Å². The molecule has 0 spiro atoms. The van der Waals surface area contributed by atoms with Gasteiger partial charge in [-0.3, -0.25) is 4.79 Å². The molecule has 1 atom stereocenters. The van der Waals surface area contributed by atoms with Gasteiger partial charge in [0.05, 0.1) is 0 Å². The van der Waals surface area contributed by atoms with Crippen LogP contribution in [0.5, 0.6) is 0 Å². The Bertz CT molecular complexity index is 487. The molecule has 2 rings (SSSR count). The van der Waals surface area contributed by atoms with Crippen LogP contribution in [0.3, 0.4) is 0 Å². The Kier molecular flexibility index (Phi) is 4.16. The number of carboxylic acid groups (broad SMARTS) is 1. The molecule has 0 fully saturated rings. The molecule has 0 saturated heterocycles. The van der Waals surface area contributed by atoms with Crippen LogP contribution in [-0.4, -0.2) is 41.5 Å². The number of nitrogens with zero attached hydrogens (tertiary/aromatic N) is 1. The van der Waals surface area contributed by atoms with Gasteiger partial charge in [-0.15, -0.1) is 0 Å². The second-order valence-electron chi connectivity index (χ2n) is 4.70. The maximum absolute atomic E-state index is 12.1. The van der Waals surface area contributed by atoms with Crippen LogP contribution in [0.25, 0.3) is 0 Å². The maximum atomic E-state index is 12.1. The maximum Gasteiger partial charge on any atom is 0.326 e. The monoisotopic (exact) mass is 262 g/mol. The second kappa shape index (κ2) is 5.84.